The van der Waals surface area contributed by atoms with Gasteiger partial charge in [-0.25, -0.2) is 0 Å². The maximum absolute atomic E-state index is 11.8. The number of aryl methyl sites for hydroxylation is 1. The average molecular weight is 257 g/mol. The lowest BCUT2D eigenvalue weighted by Gasteiger charge is -2.05. The van der Waals surface area contributed by atoms with Gasteiger partial charge >= 0.3 is 0 Å². The first-order valence-electron chi connectivity index (χ1n) is 5.37. The zero-order valence-corrected chi connectivity index (χ0v) is 11.5. The molecule has 88 valence electrons. The Balaban J connectivity index is 2.56. The lowest BCUT2D eigenvalue weighted by atomic mass is 10.1. The van der Waals surface area contributed by atoms with Gasteiger partial charge in [-0.05, 0) is 30.2 Å². The summed E-state index contributed by atoms with van der Waals surface area (Å²) in [6.45, 7) is 6.24. The highest BCUT2D eigenvalue weighted by molar-refractivity contribution is 7.99. The van der Waals surface area contributed by atoms with Crippen LogP contribution >= 0.6 is 23.4 Å². The Labute approximate surface area is 107 Å². The zero-order valence-electron chi connectivity index (χ0n) is 9.92. The topological polar surface area (TPSA) is 17.1 Å². The molecule has 0 heterocycles. The average Bonchev–Trinajstić information content (AvgIpc) is 2.21. The lowest BCUT2D eigenvalue weighted by molar-refractivity contribution is 0.102. The van der Waals surface area contributed by atoms with Crippen LogP contribution in [-0.2, 0) is 0 Å². The maximum atomic E-state index is 11.8. The van der Waals surface area contributed by atoms with Gasteiger partial charge in [-0.2, -0.15) is 11.8 Å². The third-order valence-corrected chi connectivity index (χ3v) is 3.95. The summed E-state index contributed by atoms with van der Waals surface area (Å²) in [5.41, 5.74) is 1.72. The minimum atomic E-state index is 0.160. The molecule has 0 aliphatic carbocycles. The SMILES string of the molecule is Cc1ccc(C(=O)CSCC(C)C)cc1Cl. The van der Waals surface area contributed by atoms with Crippen molar-refractivity contribution < 1.29 is 4.79 Å². The third kappa shape index (κ3) is 4.18. The van der Waals surface area contributed by atoms with E-state index in [1.54, 1.807) is 17.8 Å². The van der Waals surface area contributed by atoms with Crippen LogP contribution in [0.25, 0.3) is 0 Å². The first-order valence-corrected chi connectivity index (χ1v) is 6.91. The standard InChI is InChI=1S/C13H17ClOS/c1-9(2)7-16-8-13(15)11-5-4-10(3)12(14)6-11/h4-6,9H,7-8H2,1-3H3. The molecule has 0 unspecified atom stereocenters. The van der Waals surface area contributed by atoms with Gasteiger partial charge in [0, 0.05) is 10.6 Å². The van der Waals surface area contributed by atoms with Crippen LogP contribution < -0.4 is 0 Å². The van der Waals surface area contributed by atoms with Crippen LogP contribution in [0.1, 0.15) is 29.8 Å². The highest BCUT2D eigenvalue weighted by Crippen LogP contribution is 2.18. The highest BCUT2D eigenvalue weighted by Gasteiger charge is 2.08. The van der Waals surface area contributed by atoms with Crippen molar-refractivity contribution in [1.29, 1.82) is 0 Å². The van der Waals surface area contributed by atoms with E-state index in [4.69, 9.17) is 11.6 Å². The molecule has 0 saturated carbocycles. The van der Waals surface area contributed by atoms with Gasteiger partial charge in [-0.1, -0.05) is 37.6 Å². The normalized spacial score (nSPS) is 10.8. The van der Waals surface area contributed by atoms with Crippen LogP contribution in [0, 0.1) is 12.8 Å². The van der Waals surface area contributed by atoms with Gasteiger partial charge in [0.05, 0.1) is 5.75 Å². The molecule has 0 aliphatic rings. The van der Waals surface area contributed by atoms with Crippen molar-refractivity contribution in [2.45, 2.75) is 20.8 Å². The molecule has 0 aliphatic heterocycles. The van der Waals surface area contributed by atoms with Gasteiger partial charge in [0.15, 0.2) is 5.78 Å². The van der Waals surface area contributed by atoms with E-state index >= 15 is 0 Å². The minimum absolute atomic E-state index is 0.160. The monoisotopic (exact) mass is 256 g/mol. The Kier molecular flexibility index (Phi) is 5.36. The van der Waals surface area contributed by atoms with E-state index in [-0.39, 0.29) is 5.78 Å². The molecular weight excluding hydrogens is 240 g/mol. The fourth-order valence-corrected chi connectivity index (χ4v) is 2.36. The van der Waals surface area contributed by atoms with E-state index in [2.05, 4.69) is 13.8 Å². The predicted molar refractivity (Wildman–Crippen MR) is 72.7 cm³/mol. The number of ketones is 1. The van der Waals surface area contributed by atoms with Crippen LogP contribution in [0.3, 0.4) is 0 Å². The van der Waals surface area contributed by atoms with Crippen LogP contribution in [0.15, 0.2) is 18.2 Å². The second kappa shape index (κ2) is 6.31. The molecule has 3 heteroatoms. The van der Waals surface area contributed by atoms with Gasteiger partial charge in [-0.15, -0.1) is 0 Å². The lowest BCUT2D eigenvalue weighted by Crippen LogP contribution is -2.04. The molecule has 1 aromatic rings. The largest absolute Gasteiger partial charge is 0.293 e. The predicted octanol–water partition coefficient (Wildman–Crippen LogP) is 4.22. The molecule has 0 bridgehead atoms. The summed E-state index contributed by atoms with van der Waals surface area (Å²) < 4.78 is 0. The van der Waals surface area contributed by atoms with Gasteiger partial charge < -0.3 is 0 Å². The molecular formula is C13H17ClOS. The molecule has 1 aromatic carbocycles. The van der Waals surface area contributed by atoms with Gasteiger partial charge in [0.25, 0.3) is 0 Å². The fourth-order valence-electron chi connectivity index (χ4n) is 1.24. The minimum Gasteiger partial charge on any atom is -0.293 e. The number of Topliss-reactive ketones (excluding diaryl/α,β-unsaturated/α-hetero) is 1. The number of carbonyl (C=O) groups excluding carboxylic acids is 1. The Morgan fingerprint density at radius 1 is 1.44 bits per heavy atom. The van der Waals surface area contributed by atoms with Gasteiger partial charge in [-0.3, -0.25) is 4.79 Å². The van der Waals surface area contributed by atoms with Crippen LogP contribution in [0.5, 0.6) is 0 Å². The van der Waals surface area contributed by atoms with Gasteiger partial charge in [0.1, 0.15) is 0 Å². The molecule has 0 aromatic heterocycles. The Morgan fingerprint density at radius 2 is 2.12 bits per heavy atom. The third-order valence-electron chi connectivity index (χ3n) is 2.18. The van der Waals surface area contributed by atoms with E-state index < -0.39 is 0 Å². The van der Waals surface area contributed by atoms with E-state index in [1.807, 2.05) is 19.1 Å². The zero-order chi connectivity index (χ0) is 12.1. The molecule has 0 spiro atoms. The summed E-state index contributed by atoms with van der Waals surface area (Å²) in [4.78, 5) is 11.8. The summed E-state index contributed by atoms with van der Waals surface area (Å²) in [6.07, 6.45) is 0. The van der Waals surface area contributed by atoms with E-state index in [9.17, 15) is 4.79 Å². The number of rotatable bonds is 5. The molecule has 0 atom stereocenters. The fraction of sp³-hybridized carbons (Fsp3) is 0.462. The first kappa shape index (κ1) is 13.6. The highest BCUT2D eigenvalue weighted by atomic mass is 35.5. The number of hydrogen-bond donors (Lipinski definition) is 0. The molecule has 1 rings (SSSR count). The van der Waals surface area contributed by atoms with Crippen molar-refractivity contribution in [2.75, 3.05) is 11.5 Å². The summed E-state index contributed by atoms with van der Waals surface area (Å²) in [6, 6.07) is 5.50. The number of carbonyl (C=O) groups is 1. The van der Waals surface area contributed by atoms with Crippen LogP contribution in [0.4, 0.5) is 0 Å². The van der Waals surface area contributed by atoms with Crippen LogP contribution in [-0.4, -0.2) is 17.3 Å². The number of thioether (sulfide) groups is 1. The number of benzene rings is 1. The summed E-state index contributed by atoms with van der Waals surface area (Å²) in [5, 5.41) is 0.666. The molecule has 0 amide bonds. The molecule has 0 fully saturated rings. The molecule has 0 saturated heterocycles. The summed E-state index contributed by atoms with van der Waals surface area (Å²) in [5.74, 6) is 2.34. The van der Waals surface area contributed by atoms with Crippen molar-refractivity contribution in [3.63, 3.8) is 0 Å². The quantitative estimate of drug-likeness (QED) is 0.734. The van der Waals surface area contributed by atoms with E-state index in [0.29, 0.717) is 22.3 Å². The van der Waals surface area contributed by atoms with Crippen molar-refractivity contribution in [1.82, 2.24) is 0 Å². The molecule has 0 radical (unpaired) electrons. The van der Waals surface area contributed by atoms with E-state index in [0.717, 1.165) is 11.3 Å². The second-order valence-corrected chi connectivity index (χ2v) is 5.73. The summed E-state index contributed by atoms with van der Waals surface area (Å²) in [7, 11) is 0. The smallest absolute Gasteiger partial charge is 0.172 e. The first-order chi connectivity index (χ1) is 7.50. The van der Waals surface area contributed by atoms with E-state index in [1.165, 1.54) is 0 Å². The Hall–Kier alpha value is -0.470. The Bertz CT molecular complexity index is 374. The maximum Gasteiger partial charge on any atom is 0.172 e. The molecule has 1 nitrogen and oxygen atoms in total. The van der Waals surface area contributed by atoms with Gasteiger partial charge in [0.2, 0.25) is 0 Å². The summed E-state index contributed by atoms with van der Waals surface area (Å²) >= 11 is 7.67. The van der Waals surface area contributed by atoms with Crippen molar-refractivity contribution in [2.24, 2.45) is 5.92 Å². The molecule has 0 N–H and O–H groups in total. The Morgan fingerprint density at radius 3 is 2.69 bits per heavy atom. The van der Waals surface area contributed by atoms with Crippen molar-refractivity contribution in [3.05, 3.63) is 34.3 Å². The van der Waals surface area contributed by atoms with Crippen molar-refractivity contribution >= 4 is 29.1 Å². The second-order valence-electron chi connectivity index (χ2n) is 4.30. The van der Waals surface area contributed by atoms with Crippen molar-refractivity contribution in [3.8, 4) is 0 Å². The molecule has 16 heavy (non-hydrogen) atoms. The number of hydrogen-bond acceptors (Lipinski definition) is 2. The number of halogens is 1. The van der Waals surface area contributed by atoms with Crippen LogP contribution in [0.2, 0.25) is 5.02 Å².